The van der Waals surface area contributed by atoms with Crippen LogP contribution in [0.3, 0.4) is 0 Å². The molecule has 7 rings (SSSR count). The van der Waals surface area contributed by atoms with Gasteiger partial charge in [-0.25, -0.2) is 9.59 Å². The molecule has 0 fully saturated rings. The number of allylic oxidation sites excluding steroid dienone is 2. The SMILES string of the molecule is COC(=O)c1ccc2c(c1)SC=CC=C2.O=C(NC1C=c2ccccc2=c2ccc3c(c21)CCCC=3)OCc1ccccc1. The minimum atomic E-state index is -0.391. The maximum atomic E-state index is 12.6. The second-order valence-corrected chi connectivity index (χ2v) is 11.6. The molecule has 1 atom stereocenters. The number of methoxy groups -OCH3 is 1. The van der Waals surface area contributed by atoms with Crippen LogP contribution in [-0.2, 0) is 22.5 Å². The van der Waals surface area contributed by atoms with Gasteiger partial charge in [-0.2, -0.15) is 0 Å². The summed E-state index contributed by atoms with van der Waals surface area (Å²) in [5.74, 6) is -0.296. The van der Waals surface area contributed by atoms with Crippen LogP contribution in [0.25, 0.3) is 18.2 Å². The van der Waals surface area contributed by atoms with Crippen LogP contribution in [0.4, 0.5) is 4.79 Å². The van der Waals surface area contributed by atoms with E-state index in [4.69, 9.17) is 4.74 Å². The van der Waals surface area contributed by atoms with Crippen molar-refractivity contribution >= 4 is 42.1 Å². The van der Waals surface area contributed by atoms with Crippen LogP contribution in [-0.4, -0.2) is 19.2 Å². The Labute approximate surface area is 260 Å². The fourth-order valence-corrected chi connectivity index (χ4v) is 6.55. The maximum Gasteiger partial charge on any atom is 0.408 e. The second kappa shape index (κ2) is 13.7. The van der Waals surface area contributed by atoms with Gasteiger partial charge in [-0.05, 0) is 86.0 Å². The minimum absolute atomic E-state index is 0.190. The van der Waals surface area contributed by atoms with Crippen molar-refractivity contribution in [3.05, 3.63) is 151 Å². The maximum absolute atomic E-state index is 12.6. The lowest BCUT2D eigenvalue weighted by molar-refractivity contribution is 0.0600. The molecule has 0 radical (unpaired) electrons. The van der Waals surface area contributed by atoms with E-state index in [1.165, 1.54) is 33.9 Å². The zero-order valence-electron chi connectivity index (χ0n) is 24.5. The van der Waals surface area contributed by atoms with Crippen LogP contribution < -0.4 is 15.8 Å². The Kier molecular flexibility index (Phi) is 9.09. The van der Waals surface area contributed by atoms with Crippen molar-refractivity contribution in [2.24, 2.45) is 0 Å². The van der Waals surface area contributed by atoms with Crippen molar-refractivity contribution in [3.8, 4) is 0 Å². The number of esters is 1. The Hall–Kier alpha value is -4.81. The van der Waals surface area contributed by atoms with Gasteiger partial charge in [0, 0.05) is 4.90 Å². The second-order valence-electron chi connectivity index (χ2n) is 10.7. The number of hydrogen-bond donors (Lipinski definition) is 1. The first-order valence-corrected chi connectivity index (χ1v) is 15.6. The highest BCUT2D eigenvalue weighted by Gasteiger charge is 2.22. The fraction of sp³-hybridized carbons (Fsp3) is 0.158. The van der Waals surface area contributed by atoms with E-state index in [0.717, 1.165) is 40.5 Å². The molecule has 5 nitrogen and oxygen atoms in total. The van der Waals surface area contributed by atoms with Gasteiger partial charge in [0.25, 0.3) is 0 Å². The predicted octanol–water partition coefficient (Wildman–Crippen LogP) is 6.96. The number of carbonyl (C=O) groups is 2. The molecule has 220 valence electrons. The largest absolute Gasteiger partial charge is 0.465 e. The lowest BCUT2D eigenvalue weighted by Crippen LogP contribution is -2.33. The number of rotatable bonds is 4. The van der Waals surface area contributed by atoms with Gasteiger partial charge in [0.05, 0.1) is 18.7 Å². The Balaban J connectivity index is 0.000000193. The zero-order valence-corrected chi connectivity index (χ0v) is 25.3. The molecule has 1 N–H and O–H groups in total. The van der Waals surface area contributed by atoms with Crippen LogP contribution in [0.15, 0.2) is 107 Å². The zero-order chi connectivity index (χ0) is 30.3. The number of fused-ring (bicyclic) bond motifs is 5. The van der Waals surface area contributed by atoms with E-state index in [1.54, 1.807) is 17.8 Å². The van der Waals surface area contributed by atoms with E-state index >= 15 is 0 Å². The standard InChI is InChI=1S/C26H23NO2.C12H10O2S/c28-26(29-17-18-8-2-1-3-9-18)27-24-16-20-11-5-6-12-21(20)23-15-14-19-10-4-7-13-22(19)25(23)24;1-14-12(13)10-6-5-9-4-2-3-7-15-11(9)8-10/h1-3,5-6,8-12,14-16,24H,4,7,13,17H2,(H,27,28);2-8H,1H3. The summed E-state index contributed by atoms with van der Waals surface area (Å²) in [7, 11) is 1.39. The highest BCUT2D eigenvalue weighted by Crippen LogP contribution is 2.29. The van der Waals surface area contributed by atoms with E-state index in [9.17, 15) is 9.59 Å². The van der Waals surface area contributed by atoms with Crippen LogP contribution >= 0.6 is 11.8 Å². The van der Waals surface area contributed by atoms with Crippen molar-refractivity contribution in [2.75, 3.05) is 7.11 Å². The summed E-state index contributed by atoms with van der Waals surface area (Å²) in [6.07, 6.45) is 13.4. The number of amides is 1. The van der Waals surface area contributed by atoms with Gasteiger partial charge in [0.15, 0.2) is 0 Å². The number of nitrogens with one attached hydrogen (secondary N) is 1. The fourth-order valence-electron chi connectivity index (χ4n) is 5.77. The molecule has 44 heavy (non-hydrogen) atoms. The van der Waals surface area contributed by atoms with Crippen LogP contribution in [0.2, 0.25) is 0 Å². The first-order chi connectivity index (χ1) is 21.6. The van der Waals surface area contributed by atoms with Crippen LogP contribution in [0.5, 0.6) is 0 Å². The van der Waals surface area contributed by atoms with Gasteiger partial charge < -0.3 is 14.8 Å². The average Bonchev–Trinajstić information content (AvgIpc) is 3.32. The first-order valence-electron chi connectivity index (χ1n) is 14.7. The molecule has 0 aromatic heterocycles. The molecule has 1 heterocycles. The topological polar surface area (TPSA) is 64.6 Å². The quantitative estimate of drug-likeness (QED) is 0.257. The van der Waals surface area contributed by atoms with Crippen molar-refractivity contribution < 1.29 is 19.1 Å². The van der Waals surface area contributed by atoms with E-state index in [2.05, 4.69) is 52.5 Å². The third-order valence-electron chi connectivity index (χ3n) is 7.88. The Morgan fingerprint density at radius 1 is 0.909 bits per heavy atom. The van der Waals surface area contributed by atoms with E-state index in [1.807, 2.05) is 72.2 Å². The molecule has 0 saturated heterocycles. The number of alkyl carbamates (subject to hydrolysis) is 1. The summed E-state index contributed by atoms with van der Waals surface area (Å²) in [5.41, 5.74) is 5.26. The van der Waals surface area contributed by atoms with Gasteiger partial charge in [-0.15, -0.1) is 0 Å². The minimum Gasteiger partial charge on any atom is -0.465 e. The molecular formula is C38H33NO4S. The first kappa shape index (κ1) is 29.3. The average molecular weight is 600 g/mol. The molecule has 1 aliphatic heterocycles. The summed E-state index contributed by atoms with van der Waals surface area (Å²) in [5, 5.41) is 9.98. The normalized spacial score (nSPS) is 15.2. The number of benzene rings is 4. The molecule has 1 amide bonds. The smallest absolute Gasteiger partial charge is 0.408 e. The molecule has 1 unspecified atom stereocenters. The third kappa shape index (κ3) is 6.56. The summed E-state index contributed by atoms with van der Waals surface area (Å²) in [4.78, 5) is 25.0. The van der Waals surface area contributed by atoms with Crippen molar-refractivity contribution in [2.45, 2.75) is 36.8 Å². The van der Waals surface area contributed by atoms with Crippen molar-refractivity contribution in [1.82, 2.24) is 5.32 Å². The molecule has 4 aromatic carbocycles. The van der Waals surface area contributed by atoms with Gasteiger partial charge >= 0.3 is 12.1 Å². The molecule has 0 bridgehead atoms. The summed E-state index contributed by atoms with van der Waals surface area (Å²) >= 11 is 1.60. The Morgan fingerprint density at radius 3 is 2.61 bits per heavy atom. The lowest BCUT2D eigenvalue weighted by Gasteiger charge is -2.24. The number of thioether (sulfide) groups is 1. The molecule has 3 aliphatic rings. The Morgan fingerprint density at radius 2 is 1.75 bits per heavy atom. The third-order valence-corrected chi connectivity index (χ3v) is 8.78. The van der Waals surface area contributed by atoms with Gasteiger partial charge in [0.2, 0.25) is 0 Å². The number of ether oxygens (including phenoxy) is 2. The molecule has 2 aliphatic carbocycles. The number of hydrogen-bond acceptors (Lipinski definition) is 5. The molecule has 4 aromatic rings. The highest BCUT2D eigenvalue weighted by molar-refractivity contribution is 8.02. The van der Waals surface area contributed by atoms with Gasteiger partial charge in [-0.3, -0.25) is 0 Å². The lowest BCUT2D eigenvalue weighted by atomic mass is 9.86. The van der Waals surface area contributed by atoms with Crippen molar-refractivity contribution in [3.63, 3.8) is 0 Å². The predicted molar refractivity (Wildman–Crippen MR) is 176 cm³/mol. The van der Waals surface area contributed by atoms with Crippen LogP contribution in [0, 0.1) is 10.4 Å². The van der Waals surface area contributed by atoms with E-state index < -0.39 is 6.09 Å². The van der Waals surface area contributed by atoms with E-state index in [-0.39, 0.29) is 18.6 Å². The van der Waals surface area contributed by atoms with Crippen LogP contribution in [0.1, 0.15) is 51.5 Å². The summed E-state index contributed by atoms with van der Waals surface area (Å²) in [6.45, 7) is 0.267. The van der Waals surface area contributed by atoms with E-state index in [0.29, 0.717) is 5.56 Å². The molecule has 0 saturated carbocycles. The number of carbonyl (C=O) groups excluding carboxylic acids is 2. The molecule has 0 spiro atoms. The summed E-state index contributed by atoms with van der Waals surface area (Å²) < 4.78 is 10.2. The highest BCUT2D eigenvalue weighted by atomic mass is 32.2. The molecular weight excluding hydrogens is 566 g/mol. The monoisotopic (exact) mass is 599 g/mol. The van der Waals surface area contributed by atoms with Gasteiger partial charge in [-0.1, -0.05) is 109 Å². The van der Waals surface area contributed by atoms with Gasteiger partial charge in [0.1, 0.15) is 6.61 Å². The molecule has 6 heteroatoms. The Bertz CT molecular complexity index is 1980. The van der Waals surface area contributed by atoms with Crippen molar-refractivity contribution in [1.29, 1.82) is 0 Å². The summed E-state index contributed by atoms with van der Waals surface area (Å²) in [6, 6.07) is 27.9.